The van der Waals surface area contributed by atoms with Crippen molar-refractivity contribution >= 4 is 10.0 Å². The molecule has 0 bridgehead atoms. The lowest BCUT2D eigenvalue weighted by atomic mass is 10.4. The van der Waals surface area contributed by atoms with Gasteiger partial charge in [0.25, 0.3) is 0 Å². The predicted molar refractivity (Wildman–Crippen MR) is 49.2 cm³/mol. The van der Waals surface area contributed by atoms with Crippen molar-refractivity contribution in [1.82, 2.24) is 5.32 Å². The summed E-state index contributed by atoms with van der Waals surface area (Å²) >= 11 is 0. The van der Waals surface area contributed by atoms with E-state index in [1.807, 2.05) is 0 Å². The Morgan fingerprint density at radius 2 is 1.40 bits per heavy atom. The van der Waals surface area contributed by atoms with Gasteiger partial charge in [-0.3, -0.25) is 0 Å². The molecule has 2 rings (SSSR count). The van der Waals surface area contributed by atoms with E-state index in [1.165, 1.54) is 37.4 Å². The molecule has 0 aromatic heterocycles. The van der Waals surface area contributed by atoms with Crippen LogP contribution in [0.3, 0.4) is 0 Å². The van der Waals surface area contributed by atoms with Crippen molar-refractivity contribution in [2.45, 2.75) is 12.8 Å². The minimum atomic E-state index is -0.0249. The second-order valence-corrected chi connectivity index (χ2v) is 7.58. The van der Waals surface area contributed by atoms with Crippen LogP contribution in [-0.4, -0.2) is 36.1 Å². The summed E-state index contributed by atoms with van der Waals surface area (Å²) in [4.78, 5) is 0. The summed E-state index contributed by atoms with van der Waals surface area (Å²) in [5.41, 5.74) is 0. The van der Waals surface area contributed by atoms with Gasteiger partial charge in [0.2, 0.25) is 0 Å². The van der Waals surface area contributed by atoms with Crippen LogP contribution in [0.25, 0.3) is 0 Å². The van der Waals surface area contributed by atoms with E-state index in [9.17, 15) is 0 Å². The number of hydrogen-bond acceptors (Lipinski definition) is 1. The van der Waals surface area contributed by atoms with Gasteiger partial charge in [0.1, 0.15) is 0 Å². The molecule has 60 valence electrons. The van der Waals surface area contributed by atoms with Gasteiger partial charge in [0, 0.05) is 13.1 Å². The summed E-state index contributed by atoms with van der Waals surface area (Å²) in [6.45, 7) is 2.63. The molecular formula is C8H17NS. The predicted octanol–water partition coefficient (Wildman–Crippen LogP) is 1.19. The monoisotopic (exact) mass is 159 g/mol. The van der Waals surface area contributed by atoms with Gasteiger partial charge in [0.05, 0.1) is 0 Å². The molecule has 0 aromatic carbocycles. The Morgan fingerprint density at radius 1 is 0.800 bits per heavy atom. The summed E-state index contributed by atoms with van der Waals surface area (Å²) in [7, 11) is -0.0249. The molecule has 1 spiro atoms. The van der Waals surface area contributed by atoms with Crippen LogP contribution < -0.4 is 5.32 Å². The van der Waals surface area contributed by atoms with E-state index in [0.717, 1.165) is 0 Å². The van der Waals surface area contributed by atoms with Gasteiger partial charge in [0.15, 0.2) is 0 Å². The topological polar surface area (TPSA) is 12.0 Å². The van der Waals surface area contributed by atoms with E-state index in [2.05, 4.69) is 5.32 Å². The Hall–Kier alpha value is 0.310. The van der Waals surface area contributed by atoms with E-state index in [1.54, 1.807) is 11.5 Å². The zero-order chi connectivity index (χ0) is 6.86. The lowest BCUT2D eigenvalue weighted by Crippen LogP contribution is -2.34. The standard InChI is InChI=1S/C8H17NS/c1-2-6-10(5-1)7-3-9-4-8-10/h9H,1-8H2. The Balaban J connectivity index is 1.98. The second-order valence-electron chi connectivity index (χ2n) is 3.50. The second kappa shape index (κ2) is 2.74. The Morgan fingerprint density at radius 3 is 2.00 bits per heavy atom. The molecule has 1 N–H and O–H groups in total. The third kappa shape index (κ3) is 1.19. The molecule has 0 atom stereocenters. The highest BCUT2D eigenvalue weighted by Gasteiger charge is 2.29. The molecule has 2 aliphatic rings. The lowest BCUT2D eigenvalue weighted by molar-refractivity contribution is 0.747. The first-order valence-corrected chi connectivity index (χ1v) is 6.67. The first-order chi connectivity index (χ1) is 4.91. The minimum Gasteiger partial charge on any atom is -0.315 e. The van der Waals surface area contributed by atoms with Crippen molar-refractivity contribution in [2.75, 3.05) is 36.1 Å². The normalized spacial score (nSPS) is 34.4. The van der Waals surface area contributed by atoms with Crippen molar-refractivity contribution in [3.63, 3.8) is 0 Å². The molecule has 0 saturated carbocycles. The maximum atomic E-state index is 3.46. The summed E-state index contributed by atoms with van der Waals surface area (Å²) in [6, 6.07) is 0. The van der Waals surface area contributed by atoms with Crippen LogP contribution in [0.15, 0.2) is 0 Å². The van der Waals surface area contributed by atoms with Gasteiger partial charge in [-0.1, -0.05) is 0 Å². The molecule has 10 heavy (non-hydrogen) atoms. The third-order valence-electron chi connectivity index (χ3n) is 2.83. The summed E-state index contributed by atoms with van der Waals surface area (Å²) in [5.74, 6) is 6.28. The zero-order valence-electron chi connectivity index (χ0n) is 6.57. The molecule has 2 aliphatic heterocycles. The third-order valence-corrected chi connectivity index (χ3v) is 7.28. The van der Waals surface area contributed by atoms with Crippen LogP contribution in [-0.2, 0) is 0 Å². The van der Waals surface area contributed by atoms with Crippen molar-refractivity contribution < 1.29 is 0 Å². The zero-order valence-corrected chi connectivity index (χ0v) is 7.38. The molecule has 2 fully saturated rings. The van der Waals surface area contributed by atoms with Crippen LogP contribution in [0.5, 0.6) is 0 Å². The molecular weight excluding hydrogens is 142 g/mol. The number of nitrogens with one attached hydrogen (secondary N) is 1. The maximum Gasteiger partial charge on any atom is 0.00279 e. The van der Waals surface area contributed by atoms with E-state index in [0.29, 0.717) is 0 Å². The molecule has 0 radical (unpaired) electrons. The Bertz CT molecular complexity index is 110. The highest BCUT2D eigenvalue weighted by molar-refractivity contribution is 8.33. The SMILES string of the molecule is C1CCS2(C1)CCNCC2. The molecule has 1 nitrogen and oxygen atoms in total. The summed E-state index contributed by atoms with van der Waals surface area (Å²) in [5, 5.41) is 3.46. The average molecular weight is 159 g/mol. The maximum absolute atomic E-state index is 3.46. The highest BCUT2D eigenvalue weighted by atomic mass is 32.3. The quantitative estimate of drug-likeness (QED) is 0.560. The summed E-state index contributed by atoms with van der Waals surface area (Å²) < 4.78 is 0. The fraction of sp³-hybridized carbons (Fsp3) is 1.00. The van der Waals surface area contributed by atoms with Gasteiger partial charge >= 0.3 is 0 Å². The molecule has 0 amide bonds. The Labute approximate surface area is 64.9 Å². The van der Waals surface area contributed by atoms with E-state index in [4.69, 9.17) is 0 Å². The number of hydrogen-bond donors (Lipinski definition) is 1. The summed E-state index contributed by atoms with van der Waals surface area (Å²) in [6.07, 6.45) is 3.07. The van der Waals surface area contributed by atoms with Crippen LogP contribution in [0, 0.1) is 0 Å². The van der Waals surface area contributed by atoms with Gasteiger partial charge in [-0.05, 0) is 35.9 Å². The van der Waals surface area contributed by atoms with Crippen LogP contribution in [0.4, 0.5) is 0 Å². The Kier molecular flexibility index (Phi) is 1.92. The van der Waals surface area contributed by atoms with Gasteiger partial charge in [-0.25, -0.2) is 10.0 Å². The fourth-order valence-electron chi connectivity index (χ4n) is 2.13. The lowest BCUT2D eigenvalue weighted by Gasteiger charge is -2.39. The van der Waals surface area contributed by atoms with Gasteiger partial charge < -0.3 is 5.32 Å². The van der Waals surface area contributed by atoms with Crippen LogP contribution in [0.1, 0.15) is 12.8 Å². The first kappa shape index (κ1) is 6.99. The van der Waals surface area contributed by atoms with Crippen molar-refractivity contribution in [3.05, 3.63) is 0 Å². The number of rotatable bonds is 0. The van der Waals surface area contributed by atoms with Crippen molar-refractivity contribution in [3.8, 4) is 0 Å². The molecule has 0 aliphatic carbocycles. The van der Waals surface area contributed by atoms with Gasteiger partial charge in [-0.15, -0.1) is 0 Å². The van der Waals surface area contributed by atoms with Crippen molar-refractivity contribution in [2.24, 2.45) is 0 Å². The van der Waals surface area contributed by atoms with Gasteiger partial charge in [-0.2, -0.15) is 0 Å². The fourth-order valence-corrected chi connectivity index (χ4v) is 6.14. The van der Waals surface area contributed by atoms with E-state index in [-0.39, 0.29) is 10.0 Å². The average Bonchev–Trinajstić information content (AvgIpc) is 2.39. The molecule has 0 aromatic rings. The van der Waals surface area contributed by atoms with Crippen LogP contribution in [0.2, 0.25) is 0 Å². The molecule has 2 heterocycles. The smallest absolute Gasteiger partial charge is 0.00279 e. The first-order valence-electron chi connectivity index (χ1n) is 4.36. The molecule has 2 saturated heterocycles. The van der Waals surface area contributed by atoms with Crippen LogP contribution >= 0.6 is 10.0 Å². The van der Waals surface area contributed by atoms with E-state index < -0.39 is 0 Å². The highest BCUT2D eigenvalue weighted by Crippen LogP contribution is 2.53. The van der Waals surface area contributed by atoms with Crippen molar-refractivity contribution in [1.29, 1.82) is 0 Å². The minimum absolute atomic E-state index is 0.0249. The largest absolute Gasteiger partial charge is 0.315 e. The molecule has 2 heteroatoms. The molecule has 0 unspecified atom stereocenters. The van der Waals surface area contributed by atoms with E-state index >= 15 is 0 Å².